The number of nitrogens with one attached hydrogen (secondary N) is 2. The lowest BCUT2D eigenvalue weighted by molar-refractivity contribution is -0.137. The SMILES string of the molecule is CCCCCCCCCCCCC(C)CCCCCCCCC(=O)SCCNC(=O)CCNC(=O)C(O)C(C)(C)COP(=O)(O)OP(=O)(O)OCC1OC(n2cnc3c(N)ncnc32)C(O)C1OP(=O)(O)O. The van der Waals surface area contributed by atoms with Gasteiger partial charge in [0.1, 0.15) is 36.3 Å². The van der Waals surface area contributed by atoms with Crippen LogP contribution in [0.25, 0.3) is 11.2 Å². The molecule has 0 bridgehead atoms. The molecule has 1 aliphatic rings. The van der Waals surface area contributed by atoms with E-state index < -0.39 is 84.6 Å². The zero-order valence-corrected chi connectivity index (χ0v) is 45.6. The first-order valence-electron chi connectivity index (χ1n) is 25.0. The van der Waals surface area contributed by atoms with Gasteiger partial charge in [0, 0.05) is 37.1 Å². The molecule has 10 N–H and O–H groups in total. The van der Waals surface area contributed by atoms with Crippen molar-refractivity contribution >= 4 is 69.1 Å². The molecule has 3 rings (SSSR count). The highest BCUT2D eigenvalue weighted by atomic mass is 32.2. The topological polar surface area (TPSA) is 364 Å². The van der Waals surface area contributed by atoms with E-state index in [-0.39, 0.29) is 41.6 Å². The molecular formula is C44H80N7O17P3S. The van der Waals surface area contributed by atoms with Gasteiger partial charge in [-0.05, 0) is 12.3 Å². The number of imidazole rings is 1. The number of nitrogens with two attached hydrogens (primary N) is 1. The zero-order valence-electron chi connectivity index (χ0n) is 42.1. The monoisotopic (exact) mass is 1100 g/mol. The van der Waals surface area contributed by atoms with Crippen LogP contribution in [-0.4, -0.2) is 123 Å². The van der Waals surface area contributed by atoms with Crippen LogP contribution in [0.3, 0.4) is 0 Å². The van der Waals surface area contributed by atoms with E-state index in [0.29, 0.717) is 12.2 Å². The first-order chi connectivity index (χ1) is 33.9. The number of hydrogen-bond donors (Lipinski definition) is 9. The van der Waals surface area contributed by atoms with Gasteiger partial charge in [0.15, 0.2) is 22.8 Å². The minimum atomic E-state index is -5.58. The number of phosphoric ester groups is 3. The molecule has 8 unspecified atom stereocenters. The zero-order chi connectivity index (χ0) is 53.4. The predicted molar refractivity (Wildman–Crippen MR) is 270 cm³/mol. The quantitative estimate of drug-likeness (QED) is 0.0247. The molecule has 8 atom stereocenters. The Balaban J connectivity index is 1.25. The molecule has 24 nitrogen and oxygen atoms in total. The van der Waals surface area contributed by atoms with Gasteiger partial charge in [0.05, 0.1) is 19.5 Å². The van der Waals surface area contributed by atoms with Gasteiger partial charge in [-0.3, -0.25) is 32.5 Å². The Morgan fingerprint density at radius 1 is 0.833 bits per heavy atom. The molecule has 0 aromatic carbocycles. The number of nitrogen functional groups attached to an aromatic ring is 1. The number of amides is 2. The van der Waals surface area contributed by atoms with E-state index in [9.17, 15) is 57.9 Å². The number of unbranched alkanes of at least 4 members (excludes halogenated alkanes) is 14. The summed E-state index contributed by atoms with van der Waals surface area (Å²) >= 11 is 1.16. The third-order valence-corrected chi connectivity index (χ3v) is 16.2. The highest BCUT2D eigenvalue weighted by Crippen LogP contribution is 2.61. The van der Waals surface area contributed by atoms with Crippen molar-refractivity contribution in [1.82, 2.24) is 30.2 Å². The normalized spacial score (nSPS) is 20.0. The van der Waals surface area contributed by atoms with Gasteiger partial charge in [-0.2, -0.15) is 4.31 Å². The van der Waals surface area contributed by atoms with Crippen molar-refractivity contribution < 1.29 is 80.5 Å². The van der Waals surface area contributed by atoms with Gasteiger partial charge in [0.25, 0.3) is 0 Å². The number of fused-ring (bicyclic) bond motifs is 1. The summed E-state index contributed by atoms with van der Waals surface area (Å²) in [6.45, 7) is 5.22. The number of aliphatic hydroxyl groups excluding tert-OH is 2. The van der Waals surface area contributed by atoms with Crippen molar-refractivity contribution in [3.8, 4) is 0 Å². The van der Waals surface area contributed by atoms with E-state index in [2.05, 4.69) is 48.3 Å². The number of phosphoric acid groups is 3. The van der Waals surface area contributed by atoms with Crippen LogP contribution in [-0.2, 0) is 50.7 Å². The summed E-state index contributed by atoms with van der Waals surface area (Å²) in [6, 6.07) is 0. The van der Waals surface area contributed by atoms with Crippen LogP contribution in [0.15, 0.2) is 12.7 Å². The van der Waals surface area contributed by atoms with Gasteiger partial charge in [-0.1, -0.05) is 149 Å². The summed E-state index contributed by atoms with van der Waals surface area (Å²) in [5.74, 6) is -0.228. The Labute approximate surface area is 426 Å². The molecule has 3 heterocycles. The highest BCUT2D eigenvalue weighted by Gasteiger charge is 2.50. The Hall–Kier alpha value is -2.44. The molecule has 414 valence electrons. The van der Waals surface area contributed by atoms with E-state index in [1.165, 1.54) is 110 Å². The first-order valence-corrected chi connectivity index (χ1v) is 30.5. The molecule has 2 amide bonds. The van der Waals surface area contributed by atoms with E-state index in [0.717, 1.165) is 54.2 Å². The molecular weight excluding hydrogens is 1020 g/mol. The Kier molecular flexibility index (Phi) is 28.6. The van der Waals surface area contributed by atoms with E-state index in [1.54, 1.807) is 0 Å². The minimum absolute atomic E-state index is 0.0343. The van der Waals surface area contributed by atoms with Gasteiger partial charge in [-0.25, -0.2) is 28.6 Å². The van der Waals surface area contributed by atoms with Crippen molar-refractivity contribution in [2.24, 2.45) is 11.3 Å². The number of carbonyl (C=O) groups is 3. The number of anilines is 1. The number of thioether (sulfide) groups is 1. The Bertz CT molecular complexity index is 2100. The maximum absolute atomic E-state index is 12.8. The van der Waals surface area contributed by atoms with Crippen molar-refractivity contribution in [2.75, 3.05) is 37.8 Å². The molecule has 0 radical (unpaired) electrons. The summed E-state index contributed by atoms with van der Waals surface area (Å²) < 4.78 is 62.5. The number of carbonyl (C=O) groups excluding carboxylic acids is 3. The standard InChI is InChI=1S/C44H80N7O17P3S/c1-5-6-7-8-9-10-11-12-15-18-21-32(2)22-19-16-13-14-17-20-23-35(53)72-27-26-46-34(52)24-25-47-42(56)39(55)44(3,4)29-65-71(62,63)68-70(60,61)64-28-33-38(67-69(57,58)59)37(54)43(66-33)51-31-50-36-40(45)48-30-49-41(36)51/h30-33,37-39,43,54-55H,5-29H2,1-4H3,(H,46,52)(H,47,56)(H,60,61)(H,62,63)(H2,45,48,49)(H2,57,58,59). The summed E-state index contributed by atoms with van der Waals surface area (Å²) in [6.07, 6.45) is 16.6. The largest absolute Gasteiger partial charge is 0.481 e. The summed E-state index contributed by atoms with van der Waals surface area (Å²) in [5.41, 5.74) is 4.30. The second kappa shape index (κ2) is 32.2. The average Bonchev–Trinajstić information content (AvgIpc) is 3.87. The average molecular weight is 1100 g/mol. The van der Waals surface area contributed by atoms with Gasteiger partial charge in [0.2, 0.25) is 11.8 Å². The van der Waals surface area contributed by atoms with Gasteiger partial charge < -0.3 is 50.9 Å². The molecule has 28 heteroatoms. The van der Waals surface area contributed by atoms with Gasteiger partial charge in [-0.15, -0.1) is 0 Å². The van der Waals surface area contributed by atoms with Crippen molar-refractivity contribution in [3.05, 3.63) is 12.7 Å². The highest BCUT2D eigenvalue weighted by molar-refractivity contribution is 8.13. The fraction of sp³-hybridized carbons (Fsp3) is 0.818. The molecule has 0 spiro atoms. The second-order valence-electron chi connectivity index (χ2n) is 19.0. The fourth-order valence-electron chi connectivity index (χ4n) is 7.96. The molecule has 1 aliphatic heterocycles. The van der Waals surface area contributed by atoms with Crippen molar-refractivity contribution in [3.63, 3.8) is 0 Å². The van der Waals surface area contributed by atoms with Gasteiger partial charge >= 0.3 is 23.5 Å². The van der Waals surface area contributed by atoms with Crippen LogP contribution in [0.4, 0.5) is 5.82 Å². The number of aliphatic hydroxyl groups is 2. The molecule has 1 fully saturated rings. The lowest BCUT2D eigenvalue weighted by atomic mass is 9.87. The molecule has 72 heavy (non-hydrogen) atoms. The van der Waals surface area contributed by atoms with E-state index in [4.69, 9.17) is 19.5 Å². The number of ether oxygens (including phenoxy) is 1. The lowest BCUT2D eigenvalue weighted by Crippen LogP contribution is -2.46. The van der Waals surface area contributed by atoms with E-state index in [1.807, 2.05) is 0 Å². The molecule has 0 saturated carbocycles. The smallest absolute Gasteiger partial charge is 0.386 e. The van der Waals surface area contributed by atoms with Crippen LogP contribution >= 0.6 is 35.2 Å². The lowest BCUT2D eigenvalue weighted by Gasteiger charge is -2.30. The molecule has 1 saturated heterocycles. The molecule has 2 aromatic rings. The van der Waals surface area contributed by atoms with Crippen molar-refractivity contribution in [1.29, 1.82) is 0 Å². The minimum Gasteiger partial charge on any atom is -0.386 e. The summed E-state index contributed by atoms with van der Waals surface area (Å²) in [5, 5.41) is 26.7. The fourth-order valence-corrected chi connectivity index (χ4v) is 11.5. The Morgan fingerprint density at radius 3 is 2.03 bits per heavy atom. The third kappa shape index (κ3) is 24.5. The number of rotatable bonds is 39. The van der Waals surface area contributed by atoms with E-state index >= 15 is 0 Å². The Morgan fingerprint density at radius 2 is 1.42 bits per heavy atom. The first kappa shape index (κ1) is 63.8. The van der Waals surface area contributed by atoms with Crippen LogP contribution < -0.4 is 16.4 Å². The molecule has 2 aromatic heterocycles. The number of nitrogens with zero attached hydrogens (tertiary/aromatic N) is 4. The number of hydrogen-bond acceptors (Lipinski definition) is 18. The van der Waals surface area contributed by atoms with Crippen LogP contribution in [0, 0.1) is 11.3 Å². The van der Waals surface area contributed by atoms with Crippen LogP contribution in [0.1, 0.15) is 162 Å². The second-order valence-corrected chi connectivity index (χ2v) is 24.4. The maximum atomic E-state index is 12.8. The van der Waals surface area contributed by atoms with Crippen LogP contribution in [0.2, 0.25) is 0 Å². The maximum Gasteiger partial charge on any atom is 0.481 e. The summed E-state index contributed by atoms with van der Waals surface area (Å²) in [4.78, 5) is 88.6. The van der Waals surface area contributed by atoms with Crippen molar-refractivity contribution in [2.45, 2.75) is 187 Å². The third-order valence-electron chi connectivity index (χ3n) is 12.1. The van der Waals surface area contributed by atoms with Crippen LogP contribution in [0.5, 0.6) is 0 Å². The molecule has 0 aliphatic carbocycles. The number of aromatic nitrogens is 4. The summed E-state index contributed by atoms with van der Waals surface area (Å²) in [7, 11) is -16.4. The predicted octanol–water partition coefficient (Wildman–Crippen LogP) is 6.73.